The smallest absolute Gasteiger partial charge is 0.256 e. The van der Waals surface area contributed by atoms with Gasteiger partial charge in [0.1, 0.15) is 5.82 Å². The highest BCUT2D eigenvalue weighted by molar-refractivity contribution is 6.08. The van der Waals surface area contributed by atoms with Crippen LogP contribution in [0.4, 0.5) is 5.69 Å². The minimum atomic E-state index is -0.304. The number of amides is 1. The van der Waals surface area contributed by atoms with Crippen LogP contribution >= 0.6 is 0 Å². The number of hydrogen-bond acceptors (Lipinski definition) is 5. The molecule has 0 radical (unpaired) electrons. The first-order chi connectivity index (χ1) is 17.5. The molecule has 0 aliphatic rings. The molecule has 2 heterocycles. The fourth-order valence-corrected chi connectivity index (χ4v) is 3.89. The summed E-state index contributed by atoms with van der Waals surface area (Å²) in [6.07, 6.45) is 2.31. The molecule has 36 heavy (non-hydrogen) atoms. The Morgan fingerprint density at radius 2 is 1.78 bits per heavy atom. The minimum Gasteiger partial charge on any atom is -0.436 e. The third-order valence-electron chi connectivity index (χ3n) is 5.79. The van der Waals surface area contributed by atoms with Gasteiger partial charge in [0.25, 0.3) is 11.5 Å². The van der Waals surface area contributed by atoms with Crippen LogP contribution in [0.1, 0.15) is 28.5 Å². The van der Waals surface area contributed by atoms with Gasteiger partial charge in [-0.05, 0) is 37.6 Å². The van der Waals surface area contributed by atoms with Crippen LogP contribution in [0, 0.1) is 6.92 Å². The van der Waals surface area contributed by atoms with E-state index >= 15 is 0 Å². The van der Waals surface area contributed by atoms with E-state index in [1.54, 1.807) is 42.6 Å². The van der Waals surface area contributed by atoms with Crippen molar-refractivity contribution in [2.45, 2.75) is 20.3 Å². The summed E-state index contributed by atoms with van der Waals surface area (Å²) in [7, 11) is 0. The number of hydrogen-bond donors (Lipinski definition) is 2. The molecule has 1 amide bonds. The van der Waals surface area contributed by atoms with Gasteiger partial charge in [0.05, 0.1) is 11.8 Å². The quantitative estimate of drug-likeness (QED) is 0.319. The van der Waals surface area contributed by atoms with Gasteiger partial charge in [0.15, 0.2) is 5.76 Å². The van der Waals surface area contributed by atoms with Gasteiger partial charge < -0.3 is 14.7 Å². The monoisotopic (exact) mass is 476 g/mol. The van der Waals surface area contributed by atoms with Crippen LogP contribution < -0.4 is 10.9 Å². The lowest BCUT2D eigenvalue weighted by atomic mass is 10.1. The van der Waals surface area contributed by atoms with Crippen LogP contribution in [0.2, 0.25) is 0 Å². The molecular formula is C29H24N4O3. The Morgan fingerprint density at radius 3 is 2.58 bits per heavy atom. The average molecular weight is 477 g/mol. The maximum Gasteiger partial charge on any atom is 0.256 e. The molecule has 0 saturated carbocycles. The Balaban J connectivity index is 1.42. The fourth-order valence-electron chi connectivity index (χ4n) is 3.89. The second-order valence-corrected chi connectivity index (χ2v) is 8.42. The number of anilines is 1. The summed E-state index contributed by atoms with van der Waals surface area (Å²) in [4.78, 5) is 36.9. The van der Waals surface area contributed by atoms with Gasteiger partial charge in [-0.25, -0.2) is 9.97 Å². The zero-order valence-corrected chi connectivity index (χ0v) is 19.9. The molecule has 7 nitrogen and oxygen atoms in total. The second-order valence-electron chi connectivity index (χ2n) is 8.42. The summed E-state index contributed by atoms with van der Waals surface area (Å²) in [5.41, 5.74) is 4.85. The zero-order chi connectivity index (χ0) is 25.1. The highest BCUT2D eigenvalue weighted by Gasteiger charge is 2.17. The van der Waals surface area contributed by atoms with Gasteiger partial charge in [0.2, 0.25) is 5.89 Å². The molecule has 0 aliphatic carbocycles. The van der Waals surface area contributed by atoms with Crippen LogP contribution in [0.3, 0.4) is 0 Å². The molecule has 2 N–H and O–H groups in total. The number of benzene rings is 3. The lowest BCUT2D eigenvalue weighted by Crippen LogP contribution is -2.13. The molecule has 3 aromatic carbocycles. The largest absolute Gasteiger partial charge is 0.436 e. The Kier molecular flexibility index (Phi) is 6.28. The molecule has 5 rings (SSSR count). The van der Waals surface area contributed by atoms with Crippen molar-refractivity contribution in [2.75, 3.05) is 5.32 Å². The predicted octanol–water partition coefficient (Wildman–Crippen LogP) is 5.88. The third-order valence-corrected chi connectivity index (χ3v) is 5.79. The van der Waals surface area contributed by atoms with E-state index in [-0.39, 0.29) is 11.5 Å². The summed E-state index contributed by atoms with van der Waals surface area (Å²) >= 11 is 0. The Hall–Kier alpha value is -4.78. The Morgan fingerprint density at radius 1 is 0.972 bits per heavy atom. The van der Waals surface area contributed by atoms with E-state index < -0.39 is 0 Å². The molecular weight excluding hydrogens is 452 g/mol. The van der Waals surface area contributed by atoms with Crippen molar-refractivity contribution in [3.05, 3.63) is 112 Å². The van der Waals surface area contributed by atoms with Crippen molar-refractivity contribution >= 4 is 11.6 Å². The predicted molar refractivity (Wildman–Crippen MR) is 140 cm³/mol. The second kappa shape index (κ2) is 9.84. The molecule has 0 spiro atoms. The minimum absolute atomic E-state index is 0.212. The topological polar surface area (TPSA) is 101 Å². The number of nitrogens with one attached hydrogen (secondary N) is 2. The maximum absolute atomic E-state index is 13.3. The summed E-state index contributed by atoms with van der Waals surface area (Å²) in [5.74, 6) is 1.15. The molecule has 0 unspecified atom stereocenters. The van der Waals surface area contributed by atoms with E-state index in [1.165, 1.54) is 6.07 Å². The van der Waals surface area contributed by atoms with Crippen LogP contribution in [-0.2, 0) is 6.42 Å². The van der Waals surface area contributed by atoms with Gasteiger partial charge in [0, 0.05) is 34.1 Å². The average Bonchev–Trinajstić information content (AvgIpc) is 3.39. The van der Waals surface area contributed by atoms with Gasteiger partial charge in [-0.2, -0.15) is 0 Å². The zero-order valence-electron chi connectivity index (χ0n) is 19.9. The molecule has 0 bridgehead atoms. The van der Waals surface area contributed by atoms with Crippen LogP contribution in [0.5, 0.6) is 0 Å². The van der Waals surface area contributed by atoms with E-state index in [1.807, 2.05) is 50.2 Å². The Bertz CT molecular complexity index is 1600. The lowest BCUT2D eigenvalue weighted by Gasteiger charge is -2.10. The van der Waals surface area contributed by atoms with Gasteiger partial charge in [-0.3, -0.25) is 9.59 Å². The molecule has 5 aromatic rings. The number of rotatable bonds is 6. The Labute approximate surface area is 207 Å². The molecule has 0 atom stereocenters. The third kappa shape index (κ3) is 4.86. The number of aryl methyl sites for hydroxylation is 2. The maximum atomic E-state index is 13.3. The first-order valence-electron chi connectivity index (χ1n) is 11.6. The van der Waals surface area contributed by atoms with Crippen molar-refractivity contribution in [3.8, 4) is 34.2 Å². The molecule has 2 aromatic heterocycles. The van der Waals surface area contributed by atoms with Gasteiger partial charge in [-0.1, -0.05) is 61.0 Å². The standard InChI is InChI=1S/C29H24N4O3/c1-3-21-16-26(34)33-27(31-21)20-7-6-8-22(15-20)32-28(35)23-9-4-5-10-24(23)29-30-17-25(36-29)19-13-11-18(2)12-14-19/h4-17H,3H2,1-2H3,(H,32,35)(H,31,33,34). The number of nitrogens with zero attached hydrogens (tertiary/aromatic N) is 2. The summed E-state index contributed by atoms with van der Waals surface area (Å²) < 4.78 is 6.01. The fraction of sp³-hybridized carbons (Fsp3) is 0.103. The van der Waals surface area contributed by atoms with Gasteiger partial charge in [-0.15, -0.1) is 0 Å². The van der Waals surface area contributed by atoms with Crippen LogP contribution in [0.15, 0.2) is 94.3 Å². The molecule has 178 valence electrons. The van der Waals surface area contributed by atoms with E-state index in [0.717, 1.165) is 11.1 Å². The normalized spacial score (nSPS) is 10.8. The van der Waals surface area contributed by atoms with E-state index in [2.05, 4.69) is 20.3 Å². The molecule has 0 aliphatic heterocycles. The van der Waals surface area contributed by atoms with Crippen molar-refractivity contribution in [2.24, 2.45) is 0 Å². The number of carbonyl (C=O) groups is 1. The van der Waals surface area contributed by atoms with Crippen molar-refractivity contribution in [3.63, 3.8) is 0 Å². The number of oxazole rings is 1. The SMILES string of the molecule is CCc1cc(=O)[nH]c(-c2cccc(NC(=O)c3ccccc3-c3ncc(-c4ccc(C)cc4)o3)c2)n1. The number of aromatic nitrogens is 3. The van der Waals surface area contributed by atoms with E-state index in [0.29, 0.717) is 52.0 Å². The number of H-pyrrole nitrogens is 1. The van der Waals surface area contributed by atoms with Crippen LogP contribution in [-0.4, -0.2) is 20.9 Å². The highest BCUT2D eigenvalue weighted by atomic mass is 16.4. The first kappa shape index (κ1) is 23.0. The van der Waals surface area contributed by atoms with Crippen molar-refractivity contribution in [1.82, 2.24) is 15.0 Å². The van der Waals surface area contributed by atoms with E-state index in [4.69, 9.17) is 4.42 Å². The highest BCUT2D eigenvalue weighted by Crippen LogP contribution is 2.29. The van der Waals surface area contributed by atoms with Gasteiger partial charge >= 0.3 is 0 Å². The van der Waals surface area contributed by atoms with Crippen molar-refractivity contribution in [1.29, 1.82) is 0 Å². The first-order valence-corrected chi connectivity index (χ1v) is 11.6. The summed E-state index contributed by atoms with van der Waals surface area (Å²) in [6.45, 7) is 3.97. The molecule has 7 heteroatoms. The van der Waals surface area contributed by atoms with Crippen molar-refractivity contribution < 1.29 is 9.21 Å². The number of carbonyl (C=O) groups excluding carboxylic acids is 1. The van der Waals surface area contributed by atoms with E-state index in [9.17, 15) is 9.59 Å². The summed E-state index contributed by atoms with van der Waals surface area (Å²) in [5, 5.41) is 2.94. The summed E-state index contributed by atoms with van der Waals surface area (Å²) in [6, 6.07) is 23.8. The van der Waals surface area contributed by atoms with Crippen LogP contribution in [0.25, 0.3) is 34.2 Å². The number of aromatic amines is 1. The lowest BCUT2D eigenvalue weighted by molar-refractivity contribution is 0.102. The molecule has 0 fully saturated rings. The molecule has 0 saturated heterocycles.